The number of carbonyl (C=O) groups excluding carboxylic acids is 1. The Balaban J connectivity index is 2.64. The molecule has 0 saturated heterocycles. The van der Waals surface area contributed by atoms with E-state index in [1.807, 2.05) is 0 Å². The Bertz CT molecular complexity index is 449. The van der Waals surface area contributed by atoms with E-state index in [9.17, 15) is 9.59 Å². The third kappa shape index (κ3) is 3.83. The predicted octanol–water partition coefficient (Wildman–Crippen LogP) is -0.0187. The minimum atomic E-state index is -1.11. The second-order valence-corrected chi connectivity index (χ2v) is 3.63. The van der Waals surface area contributed by atoms with Crippen LogP contribution in [0.1, 0.15) is 5.82 Å². The van der Waals surface area contributed by atoms with Crippen LogP contribution in [0.3, 0.4) is 0 Å². The molecule has 0 aliphatic carbocycles. The molecule has 0 bridgehead atoms. The van der Waals surface area contributed by atoms with Gasteiger partial charge in [-0.15, -0.1) is 6.42 Å². The van der Waals surface area contributed by atoms with Gasteiger partial charge >= 0.3 is 12.0 Å². The van der Waals surface area contributed by atoms with Crippen molar-refractivity contribution in [3.63, 3.8) is 0 Å². The summed E-state index contributed by atoms with van der Waals surface area (Å²) in [6.07, 6.45) is 8.32. The van der Waals surface area contributed by atoms with Crippen molar-refractivity contribution in [2.45, 2.75) is 6.54 Å². The van der Waals surface area contributed by atoms with Crippen molar-refractivity contribution < 1.29 is 14.7 Å². The zero-order valence-electron chi connectivity index (χ0n) is 9.96. The van der Waals surface area contributed by atoms with Crippen LogP contribution in [0.5, 0.6) is 0 Å². The number of nitrogens with zero attached hydrogens (tertiary/aromatic N) is 3. The smallest absolute Gasteiger partial charge is 0.323 e. The van der Waals surface area contributed by atoms with Gasteiger partial charge in [0.05, 0.1) is 13.1 Å². The molecule has 0 spiro atoms. The van der Waals surface area contributed by atoms with E-state index in [4.69, 9.17) is 11.5 Å². The second-order valence-electron chi connectivity index (χ2n) is 3.63. The van der Waals surface area contributed by atoms with Crippen molar-refractivity contribution in [1.82, 2.24) is 19.8 Å². The molecule has 0 radical (unpaired) electrons. The Morgan fingerprint density at radius 2 is 2.33 bits per heavy atom. The van der Waals surface area contributed by atoms with Gasteiger partial charge in [-0.25, -0.2) is 9.78 Å². The molecule has 2 amide bonds. The van der Waals surface area contributed by atoms with Gasteiger partial charge < -0.3 is 19.9 Å². The minimum Gasteiger partial charge on any atom is -0.480 e. The molecule has 0 fully saturated rings. The number of imidazole rings is 1. The fourth-order valence-corrected chi connectivity index (χ4v) is 1.38. The highest BCUT2D eigenvalue weighted by atomic mass is 16.4. The van der Waals surface area contributed by atoms with Gasteiger partial charge in [0.2, 0.25) is 0 Å². The zero-order chi connectivity index (χ0) is 13.5. The molecule has 1 aromatic rings. The van der Waals surface area contributed by atoms with Crippen LogP contribution in [-0.2, 0) is 11.3 Å². The molecule has 2 N–H and O–H groups in total. The van der Waals surface area contributed by atoms with Gasteiger partial charge in [-0.1, -0.05) is 5.92 Å². The third-order valence-corrected chi connectivity index (χ3v) is 2.15. The van der Waals surface area contributed by atoms with E-state index in [0.717, 1.165) is 4.90 Å². The molecule has 0 saturated carbocycles. The summed E-state index contributed by atoms with van der Waals surface area (Å²) in [6, 6.07) is -0.452. The summed E-state index contributed by atoms with van der Waals surface area (Å²) in [5, 5.41) is 8.70. The van der Waals surface area contributed by atoms with Gasteiger partial charge in [0.25, 0.3) is 0 Å². The first kappa shape index (κ1) is 13.6. The van der Waals surface area contributed by atoms with Crippen LogP contribution in [0.15, 0.2) is 12.4 Å². The fraction of sp³-hybridized carbons (Fsp3) is 0.364. The van der Waals surface area contributed by atoms with Crippen LogP contribution < -0.4 is 0 Å². The van der Waals surface area contributed by atoms with E-state index in [0.29, 0.717) is 5.82 Å². The first-order valence-corrected chi connectivity index (χ1v) is 5.18. The number of hydrogen-bond donors (Lipinski definition) is 2. The summed E-state index contributed by atoms with van der Waals surface area (Å²) in [7, 11) is 1.55. The number of urea groups is 1. The maximum Gasteiger partial charge on any atom is 0.323 e. The van der Waals surface area contributed by atoms with Crippen LogP contribution in [0.25, 0.3) is 0 Å². The zero-order valence-corrected chi connectivity index (χ0v) is 9.96. The predicted molar refractivity (Wildman–Crippen MR) is 63.5 cm³/mol. The van der Waals surface area contributed by atoms with Gasteiger partial charge in [0.15, 0.2) is 0 Å². The minimum absolute atomic E-state index is 0.0480. The molecule has 0 atom stereocenters. The maximum absolute atomic E-state index is 11.9. The monoisotopic (exact) mass is 250 g/mol. The molecule has 0 aliphatic rings. The average molecular weight is 250 g/mol. The van der Waals surface area contributed by atoms with Crippen LogP contribution in [0.2, 0.25) is 0 Å². The third-order valence-electron chi connectivity index (χ3n) is 2.15. The molecule has 18 heavy (non-hydrogen) atoms. The van der Waals surface area contributed by atoms with Crippen LogP contribution in [-0.4, -0.2) is 57.0 Å². The first-order valence-electron chi connectivity index (χ1n) is 5.18. The topological polar surface area (TPSA) is 89.5 Å². The number of rotatable bonds is 5. The van der Waals surface area contributed by atoms with E-state index < -0.39 is 18.5 Å². The summed E-state index contributed by atoms with van der Waals surface area (Å²) in [4.78, 5) is 31.8. The number of aromatic nitrogens is 2. The van der Waals surface area contributed by atoms with Crippen molar-refractivity contribution in [2.75, 3.05) is 20.1 Å². The van der Waals surface area contributed by atoms with Gasteiger partial charge in [-0.3, -0.25) is 4.79 Å². The fourth-order valence-electron chi connectivity index (χ4n) is 1.38. The van der Waals surface area contributed by atoms with E-state index >= 15 is 0 Å². The number of aromatic amines is 1. The summed E-state index contributed by atoms with van der Waals surface area (Å²) in [6.45, 7) is -0.217. The highest BCUT2D eigenvalue weighted by Gasteiger charge is 2.20. The largest absolute Gasteiger partial charge is 0.480 e. The molecule has 0 aromatic carbocycles. The Kier molecular flexibility index (Phi) is 4.75. The van der Waals surface area contributed by atoms with E-state index in [1.165, 1.54) is 4.90 Å². The van der Waals surface area contributed by atoms with Gasteiger partial charge in [0.1, 0.15) is 12.4 Å². The number of carboxylic acids is 1. The lowest BCUT2D eigenvalue weighted by atomic mass is 10.4. The quantitative estimate of drug-likeness (QED) is 0.719. The van der Waals surface area contributed by atoms with Gasteiger partial charge in [-0.2, -0.15) is 0 Å². The summed E-state index contributed by atoms with van der Waals surface area (Å²) < 4.78 is 0. The molecule has 7 heteroatoms. The second kappa shape index (κ2) is 6.30. The van der Waals surface area contributed by atoms with Gasteiger partial charge in [-0.05, 0) is 0 Å². The van der Waals surface area contributed by atoms with Crippen LogP contribution in [0.4, 0.5) is 4.79 Å². The SMILES string of the molecule is C#CCN(CC(=O)O)C(=O)N(C)Cc1ncc[nH]1. The maximum atomic E-state index is 11.9. The number of amides is 2. The van der Waals surface area contributed by atoms with Crippen LogP contribution in [0, 0.1) is 12.3 Å². The molecule has 1 aromatic heterocycles. The highest BCUT2D eigenvalue weighted by molar-refractivity contribution is 5.80. The summed E-state index contributed by atoms with van der Waals surface area (Å²) in [5.74, 6) is 1.77. The first-order chi connectivity index (χ1) is 8.54. The molecule has 7 nitrogen and oxygen atoms in total. The molecular weight excluding hydrogens is 236 g/mol. The Hall–Kier alpha value is -2.49. The number of nitrogens with one attached hydrogen (secondary N) is 1. The summed E-state index contributed by atoms with van der Waals surface area (Å²) >= 11 is 0. The van der Waals surface area contributed by atoms with E-state index in [1.54, 1.807) is 19.4 Å². The van der Waals surface area contributed by atoms with Gasteiger partial charge in [0, 0.05) is 19.4 Å². The lowest BCUT2D eigenvalue weighted by Gasteiger charge is -2.24. The molecule has 1 heterocycles. The number of carbonyl (C=O) groups is 2. The van der Waals surface area contributed by atoms with Crippen molar-refractivity contribution in [3.05, 3.63) is 18.2 Å². The molecule has 1 rings (SSSR count). The average Bonchev–Trinajstić information content (AvgIpc) is 2.79. The molecule has 0 aliphatic heterocycles. The Morgan fingerprint density at radius 3 is 2.83 bits per heavy atom. The van der Waals surface area contributed by atoms with E-state index in [2.05, 4.69) is 15.9 Å². The standard InChI is InChI=1S/C11H14N4O3/c1-3-6-15(8-10(16)17)11(18)14(2)7-9-12-4-5-13-9/h1,4-5H,6-8H2,2H3,(H,12,13)(H,16,17). The number of aliphatic carboxylic acids is 1. The number of carboxylic acid groups (broad SMARTS) is 1. The number of H-pyrrole nitrogens is 1. The van der Waals surface area contributed by atoms with Crippen molar-refractivity contribution in [1.29, 1.82) is 0 Å². The van der Waals surface area contributed by atoms with Crippen LogP contribution >= 0.6 is 0 Å². The van der Waals surface area contributed by atoms with Crippen molar-refractivity contribution in [3.8, 4) is 12.3 Å². The van der Waals surface area contributed by atoms with E-state index in [-0.39, 0.29) is 13.1 Å². The van der Waals surface area contributed by atoms with Crippen molar-refractivity contribution in [2.24, 2.45) is 0 Å². The Morgan fingerprint density at radius 1 is 1.61 bits per heavy atom. The Labute approximate surface area is 104 Å². The molecular formula is C11H14N4O3. The number of hydrogen-bond acceptors (Lipinski definition) is 3. The molecule has 0 unspecified atom stereocenters. The normalized spacial score (nSPS) is 9.56. The summed E-state index contributed by atoms with van der Waals surface area (Å²) in [5.41, 5.74) is 0. The number of terminal acetylenes is 1. The molecule has 96 valence electrons. The van der Waals surface area contributed by atoms with Crippen molar-refractivity contribution >= 4 is 12.0 Å². The lowest BCUT2D eigenvalue weighted by molar-refractivity contribution is -0.137. The highest BCUT2D eigenvalue weighted by Crippen LogP contribution is 2.01. The lowest BCUT2D eigenvalue weighted by Crippen LogP contribution is -2.43.